The van der Waals surface area contributed by atoms with Gasteiger partial charge >= 0.3 is 5.97 Å². The van der Waals surface area contributed by atoms with Crippen LogP contribution in [0, 0.1) is 6.92 Å². The molecule has 5 nitrogen and oxygen atoms in total. The van der Waals surface area contributed by atoms with E-state index in [1.807, 2.05) is 35.9 Å². The second kappa shape index (κ2) is 5.86. The molecule has 1 N–H and O–H groups in total. The van der Waals surface area contributed by atoms with Gasteiger partial charge in [-0.25, -0.2) is 9.67 Å². The van der Waals surface area contributed by atoms with Gasteiger partial charge in [0.05, 0.1) is 5.69 Å². The monoisotopic (exact) mass is 273 g/mol. The van der Waals surface area contributed by atoms with Crippen LogP contribution >= 0.6 is 0 Å². The Kier molecular flexibility index (Phi) is 4.17. The van der Waals surface area contributed by atoms with Crippen LogP contribution in [-0.2, 0) is 11.2 Å². The number of carboxylic acid groups (broad SMARTS) is 1. The van der Waals surface area contributed by atoms with E-state index < -0.39 is 5.97 Å². The summed E-state index contributed by atoms with van der Waals surface area (Å²) in [5.74, 6) is 1.15. The third-order valence-corrected chi connectivity index (χ3v) is 3.04. The van der Waals surface area contributed by atoms with E-state index >= 15 is 0 Å². The number of rotatable bonds is 5. The zero-order valence-corrected chi connectivity index (χ0v) is 12.0. The first-order chi connectivity index (χ1) is 9.47. The normalized spacial score (nSPS) is 11.0. The van der Waals surface area contributed by atoms with Gasteiger partial charge in [0.15, 0.2) is 0 Å². The summed E-state index contributed by atoms with van der Waals surface area (Å²) in [6.07, 6.45) is 0.657. The number of aryl methyl sites for hydroxylation is 2. The number of nitrogens with zero attached hydrogens (tertiary/aromatic N) is 3. The highest BCUT2D eigenvalue weighted by Gasteiger charge is 2.13. The van der Waals surface area contributed by atoms with Crippen molar-refractivity contribution in [1.82, 2.24) is 14.8 Å². The Labute approximate surface area is 118 Å². The van der Waals surface area contributed by atoms with Crippen molar-refractivity contribution >= 4 is 5.97 Å². The zero-order chi connectivity index (χ0) is 14.7. The van der Waals surface area contributed by atoms with E-state index in [4.69, 9.17) is 5.11 Å². The molecule has 0 atom stereocenters. The molecule has 0 saturated carbocycles. The molecule has 0 aliphatic carbocycles. The number of hydrogen-bond donors (Lipinski definition) is 1. The Morgan fingerprint density at radius 1 is 1.40 bits per heavy atom. The maximum absolute atomic E-state index is 10.6. The lowest BCUT2D eigenvalue weighted by Gasteiger charge is -2.09. The van der Waals surface area contributed by atoms with Gasteiger partial charge in [-0.3, -0.25) is 4.79 Å². The van der Waals surface area contributed by atoms with Crippen LogP contribution in [0.3, 0.4) is 0 Å². The molecule has 106 valence electrons. The standard InChI is InChI=1S/C15H19N3O2/c1-10(2)15-16-11(3)17-18(15)13-6-4-5-12(9-13)7-8-14(19)20/h4-6,9-10H,7-8H2,1-3H3,(H,19,20). The Balaban J connectivity index is 2.33. The van der Waals surface area contributed by atoms with Gasteiger partial charge in [-0.05, 0) is 31.0 Å². The molecule has 0 aliphatic heterocycles. The van der Waals surface area contributed by atoms with Gasteiger partial charge in [0, 0.05) is 12.3 Å². The maximum atomic E-state index is 10.6. The molecule has 2 aromatic rings. The first-order valence-electron chi connectivity index (χ1n) is 6.72. The van der Waals surface area contributed by atoms with Crippen LogP contribution < -0.4 is 0 Å². The topological polar surface area (TPSA) is 68.0 Å². The van der Waals surface area contributed by atoms with Crippen LogP contribution in [0.25, 0.3) is 5.69 Å². The third-order valence-electron chi connectivity index (χ3n) is 3.04. The zero-order valence-electron chi connectivity index (χ0n) is 12.0. The van der Waals surface area contributed by atoms with Crippen LogP contribution in [0.1, 0.15) is 43.4 Å². The number of carboxylic acids is 1. The summed E-state index contributed by atoms with van der Waals surface area (Å²) in [6, 6.07) is 7.80. The van der Waals surface area contributed by atoms with E-state index in [0.29, 0.717) is 6.42 Å². The van der Waals surface area contributed by atoms with Crippen LogP contribution in [0.5, 0.6) is 0 Å². The summed E-state index contributed by atoms with van der Waals surface area (Å²) in [6.45, 7) is 6.03. The van der Waals surface area contributed by atoms with Gasteiger partial charge in [0.2, 0.25) is 0 Å². The molecule has 0 spiro atoms. The lowest BCUT2D eigenvalue weighted by Crippen LogP contribution is -2.05. The van der Waals surface area contributed by atoms with Crippen molar-refractivity contribution in [2.45, 2.75) is 39.5 Å². The Hall–Kier alpha value is -2.17. The summed E-state index contributed by atoms with van der Waals surface area (Å²) in [7, 11) is 0. The van der Waals surface area contributed by atoms with Crippen molar-refractivity contribution in [3.05, 3.63) is 41.5 Å². The van der Waals surface area contributed by atoms with E-state index in [9.17, 15) is 4.79 Å². The van der Waals surface area contributed by atoms with Gasteiger partial charge in [-0.1, -0.05) is 26.0 Å². The van der Waals surface area contributed by atoms with Crippen LogP contribution in [0.2, 0.25) is 0 Å². The number of aromatic nitrogens is 3. The first-order valence-corrected chi connectivity index (χ1v) is 6.72. The molecule has 0 bridgehead atoms. The van der Waals surface area contributed by atoms with Gasteiger partial charge in [0.25, 0.3) is 0 Å². The third kappa shape index (κ3) is 3.23. The summed E-state index contributed by atoms with van der Waals surface area (Å²) >= 11 is 0. The van der Waals surface area contributed by atoms with Crippen molar-refractivity contribution in [3.63, 3.8) is 0 Å². The predicted octanol–water partition coefficient (Wildman–Crippen LogP) is 2.72. The quantitative estimate of drug-likeness (QED) is 0.909. The molecule has 0 saturated heterocycles. The lowest BCUT2D eigenvalue weighted by molar-refractivity contribution is -0.136. The Morgan fingerprint density at radius 3 is 2.80 bits per heavy atom. The second-order valence-electron chi connectivity index (χ2n) is 5.15. The molecule has 2 rings (SSSR count). The fraction of sp³-hybridized carbons (Fsp3) is 0.400. The fourth-order valence-corrected chi connectivity index (χ4v) is 2.09. The summed E-state index contributed by atoms with van der Waals surface area (Å²) in [4.78, 5) is 15.1. The smallest absolute Gasteiger partial charge is 0.303 e. The van der Waals surface area contributed by atoms with Crippen LogP contribution in [0.4, 0.5) is 0 Å². The van der Waals surface area contributed by atoms with Crippen LogP contribution in [-0.4, -0.2) is 25.8 Å². The molecule has 1 aromatic carbocycles. The van der Waals surface area contributed by atoms with E-state index in [2.05, 4.69) is 23.9 Å². The van der Waals surface area contributed by atoms with E-state index in [1.165, 1.54) is 0 Å². The van der Waals surface area contributed by atoms with E-state index in [-0.39, 0.29) is 12.3 Å². The highest BCUT2D eigenvalue weighted by atomic mass is 16.4. The second-order valence-corrected chi connectivity index (χ2v) is 5.15. The molecule has 1 heterocycles. The van der Waals surface area contributed by atoms with E-state index in [1.54, 1.807) is 0 Å². The van der Waals surface area contributed by atoms with E-state index in [0.717, 1.165) is 22.9 Å². The Morgan fingerprint density at radius 2 is 2.15 bits per heavy atom. The minimum absolute atomic E-state index is 0.136. The molecule has 0 fully saturated rings. The molecular formula is C15H19N3O2. The molecule has 5 heteroatoms. The maximum Gasteiger partial charge on any atom is 0.303 e. The molecule has 0 amide bonds. The largest absolute Gasteiger partial charge is 0.481 e. The predicted molar refractivity (Wildman–Crippen MR) is 76.1 cm³/mol. The number of carbonyl (C=O) groups is 1. The molecule has 0 unspecified atom stereocenters. The van der Waals surface area contributed by atoms with Gasteiger partial charge in [-0.2, -0.15) is 5.10 Å². The SMILES string of the molecule is Cc1nc(C(C)C)n(-c2cccc(CCC(=O)O)c2)n1. The summed E-state index contributed by atoms with van der Waals surface area (Å²) < 4.78 is 1.84. The number of hydrogen-bond acceptors (Lipinski definition) is 3. The first kappa shape index (κ1) is 14.2. The molecule has 1 aromatic heterocycles. The molecule has 0 aliphatic rings. The Bertz CT molecular complexity index is 617. The van der Waals surface area contributed by atoms with Crippen molar-refractivity contribution < 1.29 is 9.90 Å². The molecular weight excluding hydrogens is 254 g/mol. The van der Waals surface area contributed by atoms with Crippen molar-refractivity contribution in [1.29, 1.82) is 0 Å². The minimum atomic E-state index is -0.783. The van der Waals surface area contributed by atoms with Gasteiger partial charge < -0.3 is 5.11 Å². The summed E-state index contributed by atoms with van der Waals surface area (Å²) in [5, 5.41) is 13.2. The van der Waals surface area contributed by atoms with Gasteiger partial charge in [0.1, 0.15) is 11.6 Å². The minimum Gasteiger partial charge on any atom is -0.481 e. The number of aliphatic carboxylic acids is 1. The number of benzene rings is 1. The van der Waals surface area contributed by atoms with Gasteiger partial charge in [-0.15, -0.1) is 0 Å². The average Bonchev–Trinajstić information content (AvgIpc) is 2.79. The lowest BCUT2D eigenvalue weighted by atomic mass is 10.1. The highest BCUT2D eigenvalue weighted by molar-refractivity contribution is 5.67. The van der Waals surface area contributed by atoms with Crippen LogP contribution in [0.15, 0.2) is 24.3 Å². The molecule has 0 radical (unpaired) electrons. The highest BCUT2D eigenvalue weighted by Crippen LogP contribution is 2.18. The van der Waals surface area contributed by atoms with Crippen molar-refractivity contribution in [2.24, 2.45) is 0 Å². The van der Waals surface area contributed by atoms with Crippen molar-refractivity contribution in [3.8, 4) is 5.69 Å². The average molecular weight is 273 g/mol. The van der Waals surface area contributed by atoms with Crippen molar-refractivity contribution in [2.75, 3.05) is 0 Å². The summed E-state index contributed by atoms with van der Waals surface area (Å²) in [5.41, 5.74) is 1.92. The molecule has 20 heavy (non-hydrogen) atoms. The fourth-order valence-electron chi connectivity index (χ4n) is 2.09.